The van der Waals surface area contributed by atoms with Crippen LogP contribution in [0, 0.1) is 0 Å². The van der Waals surface area contributed by atoms with Crippen molar-refractivity contribution < 1.29 is 9.47 Å². The largest absolute Gasteiger partial charge is 0.496 e. The van der Waals surface area contributed by atoms with Gasteiger partial charge in [-0.25, -0.2) is 0 Å². The van der Waals surface area contributed by atoms with E-state index in [1.807, 2.05) is 24.3 Å². The SMILES string of the molecule is COc1nc(Cl)nc(NCCc2ccccc2OC)n1. The Labute approximate surface area is 122 Å². The van der Waals surface area contributed by atoms with Gasteiger partial charge in [0.2, 0.25) is 11.2 Å². The number of nitrogens with zero attached hydrogens (tertiary/aromatic N) is 3. The van der Waals surface area contributed by atoms with Crippen molar-refractivity contribution in [1.82, 2.24) is 15.0 Å². The van der Waals surface area contributed by atoms with Crippen molar-refractivity contribution in [3.05, 3.63) is 35.1 Å². The molecule has 2 aromatic rings. The average Bonchev–Trinajstić information content (AvgIpc) is 2.47. The minimum Gasteiger partial charge on any atom is -0.496 e. The van der Waals surface area contributed by atoms with Crippen molar-refractivity contribution in [3.8, 4) is 11.8 Å². The van der Waals surface area contributed by atoms with E-state index < -0.39 is 0 Å². The number of hydrogen-bond donors (Lipinski definition) is 1. The first-order valence-electron chi connectivity index (χ1n) is 6.04. The first kappa shape index (κ1) is 14.3. The van der Waals surface area contributed by atoms with Crippen LogP contribution in [0.4, 0.5) is 5.95 Å². The molecule has 0 radical (unpaired) electrons. The number of hydrogen-bond acceptors (Lipinski definition) is 6. The molecule has 1 aromatic heterocycles. The Morgan fingerprint density at radius 3 is 2.65 bits per heavy atom. The van der Waals surface area contributed by atoms with Crippen LogP contribution in [0.2, 0.25) is 5.28 Å². The van der Waals surface area contributed by atoms with Crippen LogP contribution >= 0.6 is 11.6 Å². The summed E-state index contributed by atoms with van der Waals surface area (Å²) in [6.45, 7) is 0.643. The van der Waals surface area contributed by atoms with Gasteiger partial charge in [-0.15, -0.1) is 0 Å². The lowest BCUT2D eigenvalue weighted by atomic mass is 10.1. The highest BCUT2D eigenvalue weighted by molar-refractivity contribution is 6.28. The van der Waals surface area contributed by atoms with E-state index in [1.165, 1.54) is 7.11 Å². The van der Waals surface area contributed by atoms with Crippen LogP contribution in [-0.2, 0) is 6.42 Å². The van der Waals surface area contributed by atoms with Crippen molar-refractivity contribution >= 4 is 17.5 Å². The second-order valence-electron chi connectivity index (χ2n) is 3.90. The standard InChI is InChI=1S/C13H15ClN4O2/c1-19-10-6-4-3-5-9(10)7-8-15-12-16-11(14)17-13(18-12)20-2/h3-6H,7-8H2,1-2H3,(H,15,16,17,18). The van der Waals surface area contributed by atoms with Crippen molar-refractivity contribution in [3.63, 3.8) is 0 Å². The van der Waals surface area contributed by atoms with E-state index in [0.717, 1.165) is 17.7 Å². The predicted molar refractivity (Wildman–Crippen MR) is 76.6 cm³/mol. The van der Waals surface area contributed by atoms with Crippen molar-refractivity contribution in [1.29, 1.82) is 0 Å². The molecule has 0 aliphatic heterocycles. The smallest absolute Gasteiger partial charge is 0.322 e. The molecule has 0 spiro atoms. The highest BCUT2D eigenvalue weighted by Gasteiger charge is 2.05. The van der Waals surface area contributed by atoms with Gasteiger partial charge in [0.15, 0.2) is 0 Å². The van der Waals surface area contributed by atoms with E-state index in [0.29, 0.717) is 12.5 Å². The number of para-hydroxylation sites is 1. The molecule has 106 valence electrons. The Hall–Kier alpha value is -2.08. The Morgan fingerprint density at radius 1 is 1.10 bits per heavy atom. The van der Waals surface area contributed by atoms with Gasteiger partial charge in [-0.3, -0.25) is 0 Å². The fourth-order valence-corrected chi connectivity index (χ4v) is 1.87. The van der Waals surface area contributed by atoms with Gasteiger partial charge in [-0.1, -0.05) is 18.2 Å². The number of aromatic nitrogens is 3. The maximum absolute atomic E-state index is 5.77. The number of benzene rings is 1. The van der Waals surface area contributed by atoms with Gasteiger partial charge in [0, 0.05) is 6.54 Å². The zero-order chi connectivity index (χ0) is 14.4. The topological polar surface area (TPSA) is 69.2 Å². The number of methoxy groups -OCH3 is 2. The summed E-state index contributed by atoms with van der Waals surface area (Å²) in [6, 6.07) is 8.04. The Balaban J connectivity index is 1.97. The summed E-state index contributed by atoms with van der Waals surface area (Å²) in [5.41, 5.74) is 1.11. The highest BCUT2D eigenvalue weighted by Crippen LogP contribution is 2.18. The van der Waals surface area contributed by atoms with Gasteiger partial charge < -0.3 is 14.8 Å². The molecule has 1 heterocycles. The molecule has 6 nitrogen and oxygen atoms in total. The summed E-state index contributed by atoms with van der Waals surface area (Å²) in [4.78, 5) is 11.8. The fourth-order valence-electron chi connectivity index (χ4n) is 1.72. The fraction of sp³-hybridized carbons (Fsp3) is 0.308. The Morgan fingerprint density at radius 2 is 1.90 bits per heavy atom. The summed E-state index contributed by atoms with van der Waals surface area (Å²) in [5, 5.41) is 3.17. The molecule has 7 heteroatoms. The zero-order valence-corrected chi connectivity index (χ0v) is 12.0. The number of ether oxygens (including phenoxy) is 2. The minimum atomic E-state index is 0.0941. The van der Waals surface area contributed by atoms with Gasteiger partial charge in [0.05, 0.1) is 14.2 Å². The molecule has 0 amide bonds. The Kier molecular flexibility index (Phi) is 4.95. The number of nitrogens with one attached hydrogen (secondary N) is 1. The maximum Gasteiger partial charge on any atom is 0.322 e. The van der Waals surface area contributed by atoms with Crippen LogP contribution in [0.5, 0.6) is 11.8 Å². The number of rotatable bonds is 6. The maximum atomic E-state index is 5.77. The van der Waals surface area contributed by atoms with E-state index in [9.17, 15) is 0 Å². The normalized spacial score (nSPS) is 10.2. The summed E-state index contributed by atoms with van der Waals surface area (Å²) >= 11 is 5.77. The first-order valence-corrected chi connectivity index (χ1v) is 6.42. The van der Waals surface area contributed by atoms with Crippen LogP contribution in [0.3, 0.4) is 0 Å². The monoisotopic (exact) mass is 294 g/mol. The number of halogens is 1. The second kappa shape index (κ2) is 6.91. The predicted octanol–water partition coefficient (Wildman–Crippen LogP) is 2.20. The van der Waals surface area contributed by atoms with Gasteiger partial charge >= 0.3 is 6.01 Å². The van der Waals surface area contributed by atoms with E-state index >= 15 is 0 Å². The van der Waals surface area contributed by atoms with E-state index in [2.05, 4.69) is 20.3 Å². The molecular weight excluding hydrogens is 280 g/mol. The average molecular weight is 295 g/mol. The molecule has 0 atom stereocenters. The lowest BCUT2D eigenvalue weighted by Gasteiger charge is -2.09. The Bertz CT molecular complexity index is 580. The summed E-state index contributed by atoms with van der Waals surface area (Å²) in [6.07, 6.45) is 0.773. The third kappa shape index (κ3) is 3.71. The van der Waals surface area contributed by atoms with Crippen LogP contribution < -0.4 is 14.8 Å². The molecule has 1 aromatic carbocycles. The lowest BCUT2D eigenvalue weighted by molar-refractivity contribution is 0.379. The second-order valence-corrected chi connectivity index (χ2v) is 4.24. The zero-order valence-electron chi connectivity index (χ0n) is 11.3. The molecule has 0 bridgehead atoms. The van der Waals surface area contributed by atoms with Crippen LogP contribution in [0.25, 0.3) is 0 Å². The molecule has 1 N–H and O–H groups in total. The van der Waals surface area contributed by atoms with Crippen molar-refractivity contribution in [2.24, 2.45) is 0 Å². The van der Waals surface area contributed by atoms with Crippen LogP contribution in [-0.4, -0.2) is 35.7 Å². The molecule has 20 heavy (non-hydrogen) atoms. The van der Waals surface area contributed by atoms with E-state index in [-0.39, 0.29) is 11.3 Å². The molecule has 0 fully saturated rings. The van der Waals surface area contributed by atoms with Crippen LogP contribution in [0.1, 0.15) is 5.56 Å². The van der Waals surface area contributed by atoms with Crippen LogP contribution in [0.15, 0.2) is 24.3 Å². The van der Waals surface area contributed by atoms with Crippen molar-refractivity contribution in [2.45, 2.75) is 6.42 Å². The lowest BCUT2D eigenvalue weighted by Crippen LogP contribution is -2.10. The summed E-state index contributed by atoms with van der Waals surface area (Å²) in [7, 11) is 3.13. The molecular formula is C13H15ClN4O2. The van der Waals surface area contributed by atoms with E-state index in [1.54, 1.807) is 7.11 Å². The summed E-state index contributed by atoms with van der Waals surface area (Å²) < 4.78 is 10.2. The molecule has 0 unspecified atom stereocenters. The highest BCUT2D eigenvalue weighted by atomic mass is 35.5. The van der Waals surface area contributed by atoms with E-state index in [4.69, 9.17) is 21.1 Å². The quantitative estimate of drug-likeness (QED) is 0.881. The first-order chi connectivity index (χ1) is 9.72. The molecule has 0 aliphatic rings. The molecule has 0 saturated heterocycles. The molecule has 0 saturated carbocycles. The van der Waals surface area contributed by atoms with Gasteiger partial charge in [0.1, 0.15) is 5.75 Å². The van der Waals surface area contributed by atoms with Gasteiger partial charge in [-0.2, -0.15) is 15.0 Å². The third-order valence-electron chi connectivity index (χ3n) is 2.64. The molecule has 2 rings (SSSR count). The molecule has 0 aliphatic carbocycles. The minimum absolute atomic E-state index is 0.0941. The van der Waals surface area contributed by atoms with Gasteiger partial charge in [-0.05, 0) is 29.7 Å². The van der Waals surface area contributed by atoms with Crippen molar-refractivity contribution in [2.75, 3.05) is 26.1 Å². The summed E-state index contributed by atoms with van der Waals surface area (Å²) in [5.74, 6) is 1.25. The third-order valence-corrected chi connectivity index (χ3v) is 2.81. The number of anilines is 1. The van der Waals surface area contributed by atoms with Gasteiger partial charge in [0.25, 0.3) is 0 Å².